The maximum absolute atomic E-state index is 13.3. The highest BCUT2D eigenvalue weighted by Gasteiger charge is 2.18. The molecule has 0 unspecified atom stereocenters. The monoisotopic (exact) mass is 459 g/mol. The molecule has 4 aromatic rings. The fourth-order valence-electron chi connectivity index (χ4n) is 3.26. The zero-order chi connectivity index (χ0) is 22.5. The van der Waals surface area contributed by atoms with Crippen LogP contribution in [-0.2, 0) is 0 Å². The molecule has 3 aromatic heterocycles. The Bertz CT molecular complexity index is 1210. The molecule has 4 rings (SSSR count). The van der Waals surface area contributed by atoms with Crippen molar-refractivity contribution in [3.05, 3.63) is 60.2 Å². The maximum atomic E-state index is 13.3. The second kappa shape index (κ2) is 9.82. The van der Waals surface area contributed by atoms with Crippen LogP contribution in [0.4, 0.5) is 16.0 Å². The van der Waals surface area contributed by atoms with E-state index in [1.165, 1.54) is 12.1 Å². The molecule has 8 nitrogen and oxygen atoms in total. The second-order valence-corrected chi connectivity index (χ2v) is 8.17. The van der Waals surface area contributed by atoms with Crippen molar-refractivity contribution in [2.75, 3.05) is 29.7 Å². The fraction of sp³-hybridized carbons (Fsp3) is 0.273. The van der Waals surface area contributed by atoms with Crippen LogP contribution >= 0.6 is 11.8 Å². The van der Waals surface area contributed by atoms with E-state index in [-0.39, 0.29) is 22.1 Å². The number of hydrogen-bond acceptors (Lipinski definition) is 8. The van der Waals surface area contributed by atoms with E-state index < -0.39 is 0 Å². The maximum Gasteiger partial charge on any atom is 0.318 e. The number of rotatable bonds is 9. The molecule has 0 saturated carbocycles. The largest absolute Gasteiger partial charge is 0.463 e. The summed E-state index contributed by atoms with van der Waals surface area (Å²) >= 11 is 1.76. The number of thioether (sulfide) groups is 1. The van der Waals surface area contributed by atoms with Gasteiger partial charge in [0.05, 0.1) is 17.9 Å². The zero-order valence-electron chi connectivity index (χ0n) is 17.8. The third kappa shape index (κ3) is 4.91. The average Bonchev–Trinajstić information content (AvgIpc) is 3.12. The first-order valence-corrected chi connectivity index (χ1v) is 11.6. The van der Waals surface area contributed by atoms with E-state index in [1.54, 1.807) is 52.9 Å². The molecule has 0 saturated heterocycles. The number of anilines is 2. The van der Waals surface area contributed by atoms with Gasteiger partial charge >= 0.3 is 6.01 Å². The molecule has 3 N–H and O–H groups in total. The number of nitrogen functional groups attached to an aromatic ring is 1. The van der Waals surface area contributed by atoms with E-state index in [0.717, 1.165) is 17.7 Å². The summed E-state index contributed by atoms with van der Waals surface area (Å²) in [5, 5.41) is 7.67. The number of halogens is 1. The second-order valence-electron chi connectivity index (χ2n) is 7.18. The van der Waals surface area contributed by atoms with Crippen LogP contribution in [-0.4, -0.2) is 43.2 Å². The molecule has 0 bridgehead atoms. The normalized spacial score (nSPS) is 12.1. The van der Waals surface area contributed by atoms with Gasteiger partial charge in [0.2, 0.25) is 0 Å². The third-order valence-electron chi connectivity index (χ3n) is 4.84. The van der Waals surface area contributed by atoms with Gasteiger partial charge in [0.15, 0.2) is 11.5 Å². The van der Waals surface area contributed by atoms with Gasteiger partial charge in [-0.15, -0.1) is 5.10 Å². The topological polar surface area (TPSA) is 103 Å². The minimum atomic E-state index is -0.276. The molecule has 0 fully saturated rings. The molecule has 172 valence electrons. The summed E-state index contributed by atoms with van der Waals surface area (Å²) in [5.41, 5.74) is 8.88. The summed E-state index contributed by atoms with van der Waals surface area (Å²) in [7, 11) is 0. The quantitative estimate of drug-likeness (QED) is 0.339. The Morgan fingerprint density at radius 3 is 2.88 bits per heavy atom. The lowest BCUT2D eigenvalue weighted by atomic mass is 10.1. The molecular formula is C22H30FN7OS. The van der Waals surface area contributed by atoms with Crippen molar-refractivity contribution in [2.45, 2.75) is 19.4 Å². The lowest BCUT2D eigenvalue weighted by molar-refractivity contribution is 0.294. The highest BCUT2D eigenvalue weighted by Crippen LogP contribution is 2.31. The van der Waals surface area contributed by atoms with Crippen molar-refractivity contribution >= 4 is 29.0 Å². The van der Waals surface area contributed by atoms with E-state index in [1.807, 2.05) is 6.92 Å². The van der Waals surface area contributed by atoms with E-state index in [2.05, 4.69) is 31.6 Å². The summed E-state index contributed by atoms with van der Waals surface area (Å²) in [6.45, 7) is 2.47. The van der Waals surface area contributed by atoms with Crippen molar-refractivity contribution in [2.24, 2.45) is 0 Å². The van der Waals surface area contributed by atoms with Crippen LogP contribution in [0.1, 0.15) is 29.2 Å². The van der Waals surface area contributed by atoms with Gasteiger partial charge in [-0.2, -0.15) is 21.7 Å². The molecular weight excluding hydrogens is 429 g/mol. The smallest absolute Gasteiger partial charge is 0.318 e. The van der Waals surface area contributed by atoms with Gasteiger partial charge in [-0.05, 0) is 49.1 Å². The van der Waals surface area contributed by atoms with Gasteiger partial charge in [-0.1, -0.05) is 12.1 Å². The number of nitrogens with one attached hydrogen (secondary N) is 1. The van der Waals surface area contributed by atoms with Crippen molar-refractivity contribution in [3.63, 3.8) is 0 Å². The minimum Gasteiger partial charge on any atom is -0.463 e. The molecule has 32 heavy (non-hydrogen) atoms. The van der Waals surface area contributed by atoms with Crippen LogP contribution in [0.5, 0.6) is 6.01 Å². The molecule has 0 amide bonds. The van der Waals surface area contributed by atoms with Crippen molar-refractivity contribution in [3.8, 4) is 17.3 Å². The Morgan fingerprint density at radius 2 is 2.09 bits per heavy atom. The van der Waals surface area contributed by atoms with E-state index in [4.69, 9.17) is 10.5 Å². The Hall–Kier alpha value is -3.40. The predicted molar refractivity (Wildman–Crippen MR) is 132 cm³/mol. The Balaban J connectivity index is 0.00000204. The first-order chi connectivity index (χ1) is 15.5. The third-order valence-corrected chi connectivity index (χ3v) is 5.54. The van der Waals surface area contributed by atoms with Crippen LogP contribution in [0.3, 0.4) is 0 Å². The molecule has 0 aliphatic heterocycles. The van der Waals surface area contributed by atoms with Crippen LogP contribution in [0.25, 0.3) is 16.9 Å². The van der Waals surface area contributed by atoms with Crippen molar-refractivity contribution in [1.29, 1.82) is 0 Å². The molecule has 1 atom stereocenters. The summed E-state index contributed by atoms with van der Waals surface area (Å²) < 4.78 is 20.7. The number of benzene rings is 1. The Labute approximate surface area is 193 Å². The number of nitrogens with two attached hydrogens (primary N) is 1. The molecule has 0 aliphatic carbocycles. The lowest BCUT2D eigenvalue weighted by Gasteiger charge is -2.16. The van der Waals surface area contributed by atoms with Gasteiger partial charge in [-0.25, -0.2) is 13.9 Å². The zero-order valence-corrected chi connectivity index (χ0v) is 18.6. The van der Waals surface area contributed by atoms with Crippen LogP contribution in [0, 0.1) is 5.82 Å². The van der Waals surface area contributed by atoms with E-state index in [0.29, 0.717) is 35.1 Å². The number of nitrogens with zero attached hydrogens (tertiary/aromatic N) is 5. The molecule has 1 aromatic carbocycles. The summed E-state index contributed by atoms with van der Waals surface area (Å²) in [4.78, 5) is 13.5. The van der Waals surface area contributed by atoms with Gasteiger partial charge in [0.1, 0.15) is 11.6 Å². The number of aromatic nitrogens is 5. The number of hydrogen-bond donors (Lipinski definition) is 2. The Kier molecular flexibility index (Phi) is 6.69. The van der Waals surface area contributed by atoms with Gasteiger partial charge in [-0.3, -0.25) is 0 Å². The predicted octanol–water partition coefficient (Wildman–Crippen LogP) is 4.95. The standard InChI is InChI=1S/C22H24FN7OS.3H2/c1-14(15-5-7-16(23)8-6-15)26-18-13-17(27-22(28-18)31-11-4-12-32-2)19-20(24)29-30-10-3-9-25-21(19)30;;;/h3,5-10,13-14H,4,11-12H2,1-2H3,(H2,24,29)(H,26,27,28);3*1H/t14-;;;/m0.../s1. The molecule has 10 heteroatoms. The van der Waals surface area contributed by atoms with Crippen molar-refractivity contribution in [1.82, 2.24) is 24.6 Å². The Morgan fingerprint density at radius 1 is 1.28 bits per heavy atom. The van der Waals surface area contributed by atoms with Gasteiger partial charge < -0.3 is 15.8 Å². The summed E-state index contributed by atoms with van der Waals surface area (Å²) in [6, 6.07) is 10.0. The van der Waals surface area contributed by atoms with Crippen LogP contribution in [0.2, 0.25) is 0 Å². The van der Waals surface area contributed by atoms with Crippen LogP contribution in [0.15, 0.2) is 48.8 Å². The van der Waals surface area contributed by atoms with Crippen LogP contribution < -0.4 is 15.8 Å². The molecule has 3 heterocycles. The highest BCUT2D eigenvalue weighted by atomic mass is 32.2. The summed E-state index contributed by atoms with van der Waals surface area (Å²) in [5.74, 6) is 1.58. The first kappa shape index (κ1) is 21.8. The average molecular weight is 460 g/mol. The lowest BCUT2D eigenvalue weighted by Crippen LogP contribution is -2.10. The van der Waals surface area contributed by atoms with E-state index in [9.17, 15) is 4.39 Å². The summed E-state index contributed by atoms with van der Waals surface area (Å²) in [6.07, 6.45) is 6.39. The molecule has 0 spiro atoms. The molecule has 0 aliphatic rings. The first-order valence-electron chi connectivity index (χ1n) is 10.2. The number of fused-ring (bicyclic) bond motifs is 1. The van der Waals surface area contributed by atoms with Crippen molar-refractivity contribution < 1.29 is 13.4 Å². The van der Waals surface area contributed by atoms with Gasteiger partial charge in [0, 0.05) is 28.8 Å². The van der Waals surface area contributed by atoms with Gasteiger partial charge in [0.25, 0.3) is 0 Å². The number of ether oxygens (including phenoxy) is 1. The highest BCUT2D eigenvalue weighted by molar-refractivity contribution is 7.98. The molecule has 0 radical (unpaired) electrons. The minimum absolute atomic E-state index is 0. The van der Waals surface area contributed by atoms with E-state index >= 15 is 0 Å². The fourth-order valence-corrected chi connectivity index (χ4v) is 3.67. The SMILES string of the molecule is CSCCCOc1nc(N[C@@H](C)c2ccc(F)cc2)cc(-c2c(N)nn3cccnc23)n1.[HH].[HH].[HH].